The summed E-state index contributed by atoms with van der Waals surface area (Å²) in [5, 5.41) is 7.49. The minimum absolute atomic E-state index is 0. The van der Waals surface area contributed by atoms with Crippen molar-refractivity contribution in [1.29, 1.82) is 0 Å². The summed E-state index contributed by atoms with van der Waals surface area (Å²) in [6.45, 7) is 3.43. The lowest BCUT2D eigenvalue weighted by atomic mass is 10.1. The third kappa shape index (κ3) is 5.87. The third-order valence-electron chi connectivity index (χ3n) is 4.09. The highest BCUT2D eigenvalue weighted by Crippen LogP contribution is 2.18. The Kier molecular flexibility index (Phi) is 7.96. The minimum atomic E-state index is 0. The number of para-hydroxylation sites is 1. The van der Waals surface area contributed by atoms with Crippen LogP contribution >= 0.6 is 24.0 Å². The molecule has 1 aromatic carbocycles. The zero-order valence-corrected chi connectivity index (χ0v) is 16.7. The van der Waals surface area contributed by atoms with Gasteiger partial charge >= 0.3 is 0 Å². The summed E-state index contributed by atoms with van der Waals surface area (Å²) in [7, 11) is 1.82. The van der Waals surface area contributed by atoms with Gasteiger partial charge in [-0.2, -0.15) is 5.10 Å². The van der Waals surface area contributed by atoms with Crippen molar-refractivity contribution in [3.8, 4) is 5.75 Å². The average Bonchev–Trinajstić information content (AvgIpc) is 3.14. The van der Waals surface area contributed by atoms with Crippen LogP contribution in [-0.2, 0) is 6.54 Å². The molecule has 2 aromatic rings. The molecule has 1 aliphatic rings. The van der Waals surface area contributed by atoms with Crippen LogP contribution in [0.1, 0.15) is 12.8 Å². The maximum atomic E-state index is 6.04. The van der Waals surface area contributed by atoms with Gasteiger partial charge in [-0.3, -0.25) is 9.67 Å². The van der Waals surface area contributed by atoms with Gasteiger partial charge in [-0.15, -0.1) is 24.0 Å². The van der Waals surface area contributed by atoms with Crippen molar-refractivity contribution in [3.63, 3.8) is 0 Å². The van der Waals surface area contributed by atoms with E-state index < -0.39 is 0 Å². The van der Waals surface area contributed by atoms with E-state index in [1.807, 2.05) is 37.4 Å². The molecular formula is C17H25IN6O. The predicted molar refractivity (Wildman–Crippen MR) is 108 cm³/mol. The average molecular weight is 456 g/mol. The highest BCUT2D eigenvalue weighted by Gasteiger charge is 2.22. The second kappa shape index (κ2) is 10.2. The number of rotatable bonds is 5. The van der Waals surface area contributed by atoms with Crippen molar-refractivity contribution in [1.82, 2.24) is 25.0 Å². The number of piperidine rings is 1. The van der Waals surface area contributed by atoms with E-state index in [0.29, 0.717) is 0 Å². The highest BCUT2D eigenvalue weighted by molar-refractivity contribution is 14.0. The largest absolute Gasteiger partial charge is 0.490 e. The van der Waals surface area contributed by atoms with E-state index in [4.69, 9.17) is 4.74 Å². The van der Waals surface area contributed by atoms with E-state index in [2.05, 4.69) is 25.3 Å². The van der Waals surface area contributed by atoms with Crippen molar-refractivity contribution >= 4 is 29.9 Å². The number of ether oxygens (including phenoxy) is 1. The van der Waals surface area contributed by atoms with Crippen molar-refractivity contribution < 1.29 is 4.74 Å². The summed E-state index contributed by atoms with van der Waals surface area (Å²) >= 11 is 0. The molecule has 1 N–H and O–H groups in total. The van der Waals surface area contributed by atoms with Crippen LogP contribution in [0.25, 0.3) is 0 Å². The molecule has 1 saturated heterocycles. The Bertz CT molecular complexity index is 626. The summed E-state index contributed by atoms with van der Waals surface area (Å²) in [6, 6.07) is 10.0. The lowest BCUT2D eigenvalue weighted by Crippen LogP contribution is -2.48. The molecule has 7 nitrogen and oxygen atoms in total. The smallest absolute Gasteiger partial charge is 0.193 e. The molecule has 8 heteroatoms. The zero-order chi connectivity index (χ0) is 16.6. The fraction of sp³-hybridized carbons (Fsp3) is 0.471. The first-order valence-corrected chi connectivity index (χ1v) is 8.35. The molecule has 0 radical (unpaired) electrons. The van der Waals surface area contributed by atoms with Gasteiger partial charge in [0, 0.05) is 39.5 Å². The summed E-state index contributed by atoms with van der Waals surface area (Å²) in [6.07, 6.45) is 5.54. The number of aliphatic imine (C=N–C) groups is 1. The Labute approximate surface area is 165 Å². The lowest BCUT2D eigenvalue weighted by molar-refractivity contribution is 0.129. The van der Waals surface area contributed by atoms with E-state index in [1.54, 1.807) is 17.3 Å². The first-order chi connectivity index (χ1) is 11.8. The number of halogens is 1. The fourth-order valence-electron chi connectivity index (χ4n) is 2.84. The summed E-state index contributed by atoms with van der Waals surface area (Å²) in [5.41, 5.74) is 0. The molecular weight excluding hydrogens is 431 g/mol. The molecule has 0 aliphatic carbocycles. The molecule has 0 spiro atoms. The van der Waals surface area contributed by atoms with Crippen molar-refractivity contribution in [3.05, 3.63) is 43.0 Å². The molecule has 0 amide bonds. The number of benzene rings is 1. The topological polar surface area (TPSA) is 67.6 Å². The SMILES string of the molecule is CN=C(NCCn1cncn1)N1CCC(Oc2ccccc2)CC1.I. The van der Waals surface area contributed by atoms with Gasteiger partial charge in [0.2, 0.25) is 0 Å². The number of aromatic nitrogens is 3. The third-order valence-corrected chi connectivity index (χ3v) is 4.09. The van der Waals surface area contributed by atoms with E-state index in [9.17, 15) is 0 Å². The van der Waals surface area contributed by atoms with E-state index in [1.165, 1.54) is 0 Å². The molecule has 0 saturated carbocycles. The van der Waals surface area contributed by atoms with E-state index in [0.717, 1.165) is 50.7 Å². The van der Waals surface area contributed by atoms with Crippen LogP contribution in [0.15, 0.2) is 48.0 Å². The van der Waals surface area contributed by atoms with E-state index >= 15 is 0 Å². The second-order valence-corrected chi connectivity index (χ2v) is 5.75. The number of nitrogens with zero attached hydrogens (tertiary/aromatic N) is 5. The molecule has 1 fully saturated rings. The Hall–Kier alpha value is -1.84. The molecule has 0 unspecified atom stereocenters. The molecule has 0 atom stereocenters. The van der Waals surface area contributed by atoms with Gasteiger partial charge in [-0.1, -0.05) is 18.2 Å². The number of guanidine groups is 1. The quantitative estimate of drug-likeness (QED) is 0.424. The molecule has 1 aromatic heterocycles. The molecule has 25 heavy (non-hydrogen) atoms. The van der Waals surface area contributed by atoms with Crippen LogP contribution in [0, 0.1) is 0 Å². The van der Waals surface area contributed by atoms with Crippen LogP contribution < -0.4 is 10.1 Å². The predicted octanol–water partition coefficient (Wildman–Crippen LogP) is 2.01. The lowest BCUT2D eigenvalue weighted by Gasteiger charge is -2.34. The number of likely N-dealkylation sites (tertiary alicyclic amines) is 1. The van der Waals surface area contributed by atoms with Gasteiger partial charge in [0.05, 0.1) is 6.54 Å². The Balaban J connectivity index is 0.00000225. The first kappa shape index (κ1) is 19.5. The zero-order valence-electron chi connectivity index (χ0n) is 14.4. The Morgan fingerprint density at radius 3 is 2.68 bits per heavy atom. The van der Waals surface area contributed by atoms with Gasteiger partial charge in [0.25, 0.3) is 0 Å². The Morgan fingerprint density at radius 1 is 1.28 bits per heavy atom. The van der Waals surface area contributed by atoms with E-state index in [-0.39, 0.29) is 30.1 Å². The summed E-state index contributed by atoms with van der Waals surface area (Å²) in [4.78, 5) is 10.6. The Morgan fingerprint density at radius 2 is 2.04 bits per heavy atom. The number of nitrogens with one attached hydrogen (secondary N) is 1. The van der Waals surface area contributed by atoms with Crippen molar-refractivity contribution in [2.75, 3.05) is 26.7 Å². The molecule has 136 valence electrons. The monoisotopic (exact) mass is 456 g/mol. The van der Waals surface area contributed by atoms with Gasteiger partial charge < -0.3 is 15.0 Å². The second-order valence-electron chi connectivity index (χ2n) is 5.75. The highest BCUT2D eigenvalue weighted by atomic mass is 127. The molecule has 2 heterocycles. The van der Waals surface area contributed by atoms with Gasteiger partial charge in [-0.05, 0) is 12.1 Å². The maximum Gasteiger partial charge on any atom is 0.193 e. The van der Waals surface area contributed by atoms with Crippen molar-refractivity contribution in [2.45, 2.75) is 25.5 Å². The normalized spacial score (nSPS) is 15.6. The van der Waals surface area contributed by atoms with Crippen LogP contribution in [0.4, 0.5) is 0 Å². The van der Waals surface area contributed by atoms with Crippen LogP contribution in [0.5, 0.6) is 5.75 Å². The van der Waals surface area contributed by atoms with Crippen LogP contribution in [0.3, 0.4) is 0 Å². The minimum Gasteiger partial charge on any atom is -0.490 e. The van der Waals surface area contributed by atoms with Crippen molar-refractivity contribution in [2.24, 2.45) is 4.99 Å². The molecule has 3 rings (SSSR count). The summed E-state index contributed by atoms with van der Waals surface area (Å²) < 4.78 is 7.85. The number of hydrogen-bond donors (Lipinski definition) is 1. The standard InChI is InChI=1S/C17H24N6O.HI/c1-18-17(20-9-12-23-14-19-13-21-23)22-10-7-16(8-11-22)24-15-5-3-2-4-6-15;/h2-6,13-14,16H,7-12H2,1H3,(H,18,20);1H. The fourth-order valence-corrected chi connectivity index (χ4v) is 2.84. The molecule has 0 bridgehead atoms. The van der Waals surface area contributed by atoms with Gasteiger partial charge in [0.1, 0.15) is 24.5 Å². The van der Waals surface area contributed by atoms with Crippen LogP contribution in [0.2, 0.25) is 0 Å². The maximum absolute atomic E-state index is 6.04. The van der Waals surface area contributed by atoms with Crippen LogP contribution in [-0.4, -0.2) is 58.4 Å². The summed E-state index contributed by atoms with van der Waals surface area (Å²) in [5.74, 6) is 1.89. The first-order valence-electron chi connectivity index (χ1n) is 8.35. The van der Waals surface area contributed by atoms with Gasteiger partial charge in [-0.25, -0.2) is 4.98 Å². The van der Waals surface area contributed by atoms with Gasteiger partial charge in [0.15, 0.2) is 5.96 Å². The molecule has 1 aliphatic heterocycles. The number of hydrogen-bond acceptors (Lipinski definition) is 4.